The Kier molecular flexibility index (Phi) is 6.40. The summed E-state index contributed by atoms with van der Waals surface area (Å²) < 4.78 is 5.01. The van der Waals surface area contributed by atoms with Crippen molar-refractivity contribution in [1.82, 2.24) is 15.0 Å². The molecule has 5 N–H and O–H groups in total. The van der Waals surface area contributed by atoms with Crippen molar-refractivity contribution in [3.63, 3.8) is 0 Å². The summed E-state index contributed by atoms with van der Waals surface area (Å²) >= 11 is 0. The number of carbonyl (C=O) groups excluding carboxylic acids is 2. The first-order valence-electron chi connectivity index (χ1n) is 4.99. The topological polar surface area (TPSA) is 158 Å². The molecule has 1 rings (SSSR count). The van der Waals surface area contributed by atoms with Gasteiger partial charge in [-0.2, -0.15) is 15.0 Å². The minimum Gasteiger partial charge on any atom is -0.451 e. The van der Waals surface area contributed by atoms with E-state index in [1.807, 2.05) is 0 Å². The van der Waals surface area contributed by atoms with E-state index in [1.165, 1.54) is 0 Å². The molecular weight excluding hydrogens is 252 g/mol. The van der Waals surface area contributed by atoms with Gasteiger partial charge in [0, 0.05) is 5.57 Å². The van der Waals surface area contributed by atoms with E-state index in [9.17, 15) is 4.79 Å². The van der Waals surface area contributed by atoms with E-state index >= 15 is 0 Å². The first-order chi connectivity index (χ1) is 8.81. The number of rotatable bonds is 3. The Morgan fingerprint density at radius 1 is 1.37 bits per heavy atom. The molecule has 1 atom stereocenters. The Labute approximate surface area is 109 Å². The van der Waals surface area contributed by atoms with Crippen LogP contribution in [0, 0.1) is 5.41 Å². The maximum atomic E-state index is 11.2. The third-order valence-electron chi connectivity index (χ3n) is 1.68. The lowest BCUT2D eigenvalue weighted by molar-refractivity contribution is -0.144. The van der Waals surface area contributed by atoms with Gasteiger partial charge < -0.3 is 16.2 Å². The van der Waals surface area contributed by atoms with Crippen molar-refractivity contribution >= 4 is 23.9 Å². The summed E-state index contributed by atoms with van der Waals surface area (Å²) in [6, 6.07) is 0. The van der Waals surface area contributed by atoms with Crippen LogP contribution in [0.3, 0.4) is 0 Å². The number of nitrogens with one attached hydrogen (secondary N) is 1. The predicted octanol–water partition coefficient (Wildman–Crippen LogP) is 0.117. The van der Waals surface area contributed by atoms with Crippen LogP contribution in [0.25, 0.3) is 0 Å². The highest BCUT2D eigenvalue weighted by Crippen LogP contribution is 2.15. The number of hydrogen-bond acceptors (Lipinski definition) is 9. The lowest BCUT2D eigenvalue weighted by Gasteiger charge is -2.12. The number of anilines is 2. The van der Waals surface area contributed by atoms with E-state index in [2.05, 4.69) is 21.5 Å². The van der Waals surface area contributed by atoms with Crippen molar-refractivity contribution in [3.8, 4) is 0 Å². The van der Waals surface area contributed by atoms with Gasteiger partial charge in [0.15, 0.2) is 11.9 Å². The zero-order valence-electron chi connectivity index (χ0n) is 10.5. The second-order valence-electron chi connectivity index (χ2n) is 3.34. The molecule has 19 heavy (non-hydrogen) atoms. The van der Waals surface area contributed by atoms with E-state index < -0.39 is 12.1 Å². The minimum absolute atomic E-state index is 0.0132. The van der Waals surface area contributed by atoms with Crippen molar-refractivity contribution < 1.29 is 14.3 Å². The summed E-state index contributed by atoms with van der Waals surface area (Å²) in [5.41, 5.74) is 11.1. The lowest BCUT2D eigenvalue weighted by atomic mass is 10.3. The third kappa shape index (κ3) is 5.89. The van der Waals surface area contributed by atoms with Crippen LogP contribution in [0.4, 0.5) is 11.9 Å². The van der Waals surface area contributed by atoms with Gasteiger partial charge in [-0.3, -0.25) is 0 Å². The second kappa shape index (κ2) is 7.51. The molecule has 0 aliphatic heterocycles. The molecule has 0 spiro atoms. The standard InChI is InChI=1S/C9H13N5O2.CHNO/c1-4(2)7(15)16-5(3)6-12-8(10)14-9(11)13-6;2-1-3/h5H,1H2,2-3H3,(H4,10,11,12,13,14);2H. The SMILES string of the molecule is C=C(C)C(=O)OC(C)c1nc(N)nc(N)n1.N=C=O. The van der Waals surface area contributed by atoms with Gasteiger partial charge in [-0.15, -0.1) is 0 Å². The number of ether oxygens (including phenoxy) is 1. The number of esters is 1. The third-order valence-corrected chi connectivity index (χ3v) is 1.68. The predicted molar refractivity (Wildman–Crippen MR) is 66.4 cm³/mol. The van der Waals surface area contributed by atoms with Crippen molar-refractivity contribution in [3.05, 3.63) is 18.0 Å². The van der Waals surface area contributed by atoms with Crippen molar-refractivity contribution in [2.24, 2.45) is 0 Å². The van der Waals surface area contributed by atoms with Crippen molar-refractivity contribution in [2.45, 2.75) is 20.0 Å². The largest absolute Gasteiger partial charge is 0.451 e. The summed E-state index contributed by atoms with van der Waals surface area (Å²) in [5, 5.41) is 5.40. The molecule has 9 nitrogen and oxygen atoms in total. The van der Waals surface area contributed by atoms with E-state index in [0.717, 1.165) is 6.08 Å². The fraction of sp³-hybridized carbons (Fsp3) is 0.300. The summed E-state index contributed by atoms with van der Waals surface area (Å²) in [6.45, 7) is 6.61. The van der Waals surface area contributed by atoms with Crippen LogP contribution in [-0.2, 0) is 14.3 Å². The summed E-state index contributed by atoms with van der Waals surface area (Å²) in [5.74, 6) is -0.342. The summed E-state index contributed by atoms with van der Waals surface area (Å²) in [7, 11) is 0. The molecule has 1 unspecified atom stereocenters. The molecule has 0 fully saturated rings. The molecule has 0 aromatic carbocycles. The van der Waals surface area contributed by atoms with Crippen molar-refractivity contribution in [1.29, 1.82) is 5.41 Å². The maximum absolute atomic E-state index is 11.2. The molecule has 0 saturated carbocycles. The molecular formula is C10H14N6O3. The van der Waals surface area contributed by atoms with Crippen LogP contribution in [-0.4, -0.2) is 27.0 Å². The summed E-state index contributed by atoms with van der Waals surface area (Å²) in [6.07, 6.45) is 0.0943. The highest BCUT2D eigenvalue weighted by Gasteiger charge is 2.16. The number of nitrogens with two attached hydrogens (primary N) is 2. The highest BCUT2D eigenvalue weighted by molar-refractivity contribution is 5.87. The molecule has 0 bridgehead atoms. The number of nitrogen functional groups attached to an aromatic ring is 2. The highest BCUT2D eigenvalue weighted by atomic mass is 16.5. The molecule has 0 amide bonds. The Hall–Kier alpha value is -2.80. The molecule has 1 aromatic heterocycles. The zero-order chi connectivity index (χ0) is 15.0. The van der Waals surface area contributed by atoms with Gasteiger partial charge in [-0.05, 0) is 13.8 Å². The van der Waals surface area contributed by atoms with Gasteiger partial charge in [0.25, 0.3) is 0 Å². The number of carbonyl (C=O) groups is 1. The molecule has 0 radical (unpaired) electrons. The minimum atomic E-state index is -0.656. The molecule has 0 aliphatic carbocycles. The Morgan fingerprint density at radius 2 is 1.79 bits per heavy atom. The Balaban J connectivity index is 0.000000982. The zero-order valence-corrected chi connectivity index (χ0v) is 10.5. The second-order valence-corrected chi connectivity index (χ2v) is 3.34. The molecule has 9 heteroatoms. The number of aromatic nitrogens is 3. The van der Waals surface area contributed by atoms with Crippen LogP contribution < -0.4 is 11.5 Å². The van der Waals surface area contributed by atoms with Gasteiger partial charge in [0.05, 0.1) is 0 Å². The van der Waals surface area contributed by atoms with Gasteiger partial charge >= 0.3 is 5.97 Å². The molecule has 102 valence electrons. The fourth-order valence-corrected chi connectivity index (χ4v) is 0.923. The number of hydrogen-bond donors (Lipinski definition) is 3. The van der Waals surface area contributed by atoms with E-state index in [1.54, 1.807) is 13.8 Å². The van der Waals surface area contributed by atoms with E-state index in [0.29, 0.717) is 5.57 Å². The van der Waals surface area contributed by atoms with Gasteiger partial charge in [0.1, 0.15) is 0 Å². The van der Waals surface area contributed by atoms with Crippen LogP contribution in [0.15, 0.2) is 12.2 Å². The van der Waals surface area contributed by atoms with Crippen molar-refractivity contribution in [2.75, 3.05) is 11.5 Å². The molecule has 1 aromatic rings. The quantitative estimate of drug-likeness (QED) is 0.301. The normalized spacial score (nSPS) is 10.4. The van der Waals surface area contributed by atoms with Crippen LogP contribution >= 0.6 is 0 Å². The van der Waals surface area contributed by atoms with Crippen LogP contribution in [0.5, 0.6) is 0 Å². The lowest BCUT2D eigenvalue weighted by Crippen LogP contribution is -2.14. The smallest absolute Gasteiger partial charge is 0.333 e. The fourth-order valence-electron chi connectivity index (χ4n) is 0.923. The van der Waals surface area contributed by atoms with E-state index in [4.69, 9.17) is 26.4 Å². The average molecular weight is 266 g/mol. The number of nitrogens with zero attached hydrogens (tertiary/aromatic N) is 3. The first kappa shape index (κ1) is 16.2. The van der Waals surface area contributed by atoms with Gasteiger partial charge in [0.2, 0.25) is 18.0 Å². The Morgan fingerprint density at radius 3 is 2.16 bits per heavy atom. The molecule has 1 heterocycles. The summed E-state index contributed by atoms with van der Waals surface area (Å²) in [4.78, 5) is 30.8. The average Bonchev–Trinajstić information content (AvgIpc) is 2.28. The molecule has 0 saturated heterocycles. The van der Waals surface area contributed by atoms with Crippen LogP contribution in [0.1, 0.15) is 25.8 Å². The number of isocyanates is 1. The van der Waals surface area contributed by atoms with E-state index in [-0.39, 0.29) is 17.7 Å². The monoisotopic (exact) mass is 266 g/mol. The maximum Gasteiger partial charge on any atom is 0.333 e. The van der Waals surface area contributed by atoms with Gasteiger partial charge in [-0.1, -0.05) is 6.58 Å². The van der Waals surface area contributed by atoms with Gasteiger partial charge in [-0.25, -0.2) is 15.0 Å². The first-order valence-corrected chi connectivity index (χ1v) is 4.99. The molecule has 0 aliphatic rings. The van der Waals surface area contributed by atoms with Crippen LogP contribution in [0.2, 0.25) is 0 Å². The Bertz CT molecular complexity index is 490.